The highest BCUT2D eigenvalue weighted by Crippen LogP contribution is 2.27. The van der Waals surface area contributed by atoms with Gasteiger partial charge in [0.2, 0.25) is 0 Å². The molecule has 1 aromatic carbocycles. The third-order valence-corrected chi connectivity index (χ3v) is 3.32. The van der Waals surface area contributed by atoms with Gasteiger partial charge in [0.05, 0.1) is 6.61 Å². The molecule has 0 atom stereocenters. The first kappa shape index (κ1) is 10.8. The second kappa shape index (κ2) is 4.89. The van der Waals surface area contributed by atoms with Gasteiger partial charge >= 0.3 is 0 Å². The summed E-state index contributed by atoms with van der Waals surface area (Å²) in [6.45, 7) is 2.90. The Morgan fingerprint density at radius 3 is 2.73 bits per heavy atom. The zero-order chi connectivity index (χ0) is 10.7. The molecule has 0 aromatic heterocycles. The van der Waals surface area contributed by atoms with Gasteiger partial charge in [0.1, 0.15) is 5.75 Å². The fourth-order valence-electron chi connectivity index (χ4n) is 2.16. The first-order valence-electron chi connectivity index (χ1n) is 5.64. The second-order valence-corrected chi connectivity index (χ2v) is 4.81. The maximum atomic E-state index is 5.89. The first-order valence-corrected chi connectivity index (χ1v) is 6.02. The first-order chi connectivity index (χ1) is 7.25. The highest BCUT2D eigenvalue weighted by atomic mass is 35.5. The molecule has 1 aliphatic carbocycles. The fourth-order valence-corrected chi connectivity index (χ4v) is 2.39. The van der Waals surface area contributed by atoms with Crippen LogP contribution in [0.5, 0.6) is 5.75 Å². The minimum Gasteiger partial charge on any atom is -0.493 e. The van der Waals surface area contributed by atoms with E-state index >= 15 is 0 Å². The summed E-state index contributed by atoms with van der Waals surface area (Å²) in [5.74, 6) is 1.74. The van der Waals surface area contributed by atoms with Crippen LogP contribution in [-0.4, -0.2) is 6.61 Å². The number of hydrogen-bond acceptors (Lipinski definition) is 1. The Morgan fingerprint density at radius 1 is 1.33 bits per heavy atom. The van der Waals surface area contributed by atoms with Crippen molar-refractivity contribution in [2.45, 2.75) is 32.6 Å². The van der Waals surface area contributed by atoms with Crippen molar-refractivity contribution in [3.8, 4) is 5.75 Å². The summed E-state index contributed by atoms with van der Waals surface area (Å²) < 4.78 is 5.82. The summed E-state index contributed by atoms with van der Waals surface area (Å²) in [5, 5.41) is 0.778. The van der Waals surface area contributed by atoms with Gasteiger partial charge in [0, 0.05) is 5.02 Å². The SMILES string of the molecule is Cc1cc(Cl)ccc1OCC1CCCC1. The second-order valence-electron chi connectivity index (χ2n) is 4.37. The molecule has 82 valence electrons. The summed E-state index contributed by atoms with van der Waals surface area (Å²) in [7, 11) is 0. The lowest BCUT2D eigenvalue weighted by Gasteiger charge is -2.13. The predicted octanol–water partition coefficient (Wildman–Crippen LogP) is 4.22. The van der Waals surface area contributed by atoms with Gasteiger partial charge in [-0.3, -0.25) is 0 Å². The van der Waals surface area contributed by atoms with Gasteiger partial charge < -0.3 is 4.74 Å². The average molecular weight is 225 g/mol. The molecule has 1 aliphatic rings. The lowest BCUT2D eigenvalue weighted by atomic mass is 10.1. The fraction of sp³-hybridized carbons (Fsp3) is 0.538. The Balaban J connectivity index is 1.92. The molecule has 0 aliphatic heterocycles. The van der Waals surface area contributed by atoms with E-state index in [4.69, 9.17) is 16.3 Å². The van der Waals surface area contributed by atoms with E-state index in [1.54, 1.807) is 0 Å². The predicted molar refractivity (Wildman–Crippen MR) is 63.6 cm³/mol. The van der Waals surface area contributed by atoms with E-state index < -0.39 is 0 Å². The number of aryl methyl sites for hydroxylation is 1. The molecule has 0 saturated heterocycles. The smallest absolute Gasteiger partial charge is 0.122 e. The molecule has 2 rings (SSSR count). The van der Waals surface area contributed by atoms with Crippen LogP contribution in [0.4, 0.5) is 0 Å². The van der Waals surface area contributed by atoms with Crippen molar-refractivity contribution in [2.24, 2.45) is 5.92 Å². The maximum Gasteiger partial charge on any atom is 0.122 e. The van der Waals surface area contributed by atoms with E-state index in [1.807, 2.05) is 25.1 Å². The van der Waals surface area contributed by atoms with E-state index in [0.717, 1.165) is 28.9 Å². The lowest BCUT2D eigenvalue weighted by Crippen LogP contribution is -2.08. The summed E-state index contributed by atoms with van der Waals surface area (Å²) in [5.41, 5.74) is 1.13. The van der Waals surface area contributed by atoms with Crippen LogP contribution in [-0.2, 0) is 0 Å². The molecule has 1 fully saturated rings. The van der Waals surface area contributed by atoms with E-state index in [9.17, 15) is 0 Å². The van der Waals surface area contributed by atoms with Gasteiger partial charge in [0.15, 0.2) is 0 Å². The molecule has 0 radical (unpaired) electrons. The molecular weight excluding hydrogens is 208 g/mol. The molecule has 0 unspecified atom stereocenters. The van der Waals surface area contributed by atoms with Crippen molar-refractivity contribution < 1.29 is 4.74 Å². The van der Waals surface area contributed by atoms with Crippen molar-refractivity contribution in [1.82, 2.24) is 0 Å². The van der Waals surface area contributed by atoms with Crippen LogP contribution in [0.1, 0.15) is 31.2 Å². The van der Waals surface area contributed by atoms with Gasteiger partial charge in [0.25, 0.3) is 0 Å². The quantitative estimate of drug-likeness (QED) is 0.747. The van der Waals surface area contributed by atoms with E-state index in [-0.39, 0.29) is 0 Å². The Morgan fingerprint density at radius 2 is 2.07 bits per heavy atom. The maximum absolute atomic E-state index is 5.89. The molecule has 1 saturated carbocycles. The normalized spacial score (nSPS) is 16.9. The highest BCUT2D eigenvalue weighted by molar-refractivity contribution is 6.30. The van der Waals surface area contributed by atoms with Crippen molar-refractivity contribution in [2.75, 3.05) is 6.61 Å². The van der Waals surface area contributed by atoms with E-state index in [2.05, 4.69) is 0 Å². The molecule has 1 aromatic rings. The zero-order valence-electron chi connectivity index (χ0n) is 9.13. The molecule has 0 bridgehead atoms. The van der Waals surface area contributed by atoms with Gasteiger partial charge in [-0.15, -0.1) is 0 Å². The van der Waals surface area contributed by atoms with Crippen LogP contribution >= 0.6 is 11.6 Å². The number of ether oxygens (including phenoxy) is 1. The molecule has 0 amide bonds. The van der Waals surface area contributed by atoms with Gasteiger partial charge in [-0.25, -0.2) is 0 Å². The molecule has 2 heteroatoms. The third-order valence-electron chi connectivity index (χ3n) is 3.09. The number of benzene rings is 1. The molecule has 1 nitrogen and oxygen atoms in total. The Labute approximate surface area is 96.4 Å². The van der Waals surface area contributed by atoms with Crippen LogP contribution < -0.4 is 4.74 Å². The molecule has 0 heterocycles. The highest BCUT2D eigenvalue weighted by Gasteiger charge is 2.15. The Kier molecular flexibility index (Phi) is 3.53. The van der Waals surface area contributed by atoms with Crippen LogP contribution in [0.3, 0.4) is 0 Å². The number of hydrogen-bond donors (Lipinski definition) is 0. The monoisotopic (exact) mass is 224 g/mol. The van der Waals surface area contributed by atoms with Crippen molar-refractivity contribution in [1.29, 1.82) is 0 Å². The Bertz CT molecular complexity index is 329. The standard InChI is InChI=1S/C13H17ClO/c1-10-8-12(14)6-7-13(10)15-9-11-4-2-3-5-11/h6-8,11H,2-5,9H2,1H3. The zero-order valence-corrected chi connectivity index (χ0v) is 9.89. The van der Waals surface area contributed by atoms with Crippen LogP contribution in [0.15, 0.2) is 18.2 Å². The van der Waals surface area contributed by atoms with E-state index in [1.165, 1.54) is 25.7 Å². The Hall–Kier alpha value is -0.690. The summed E-state index contributed by atoms with van der Waals surface area (Å²) in [6.07, 6.45) is 5.39. The number of rotatable bonds is 3. The van der Waals surface area contributed by atoms with E-state index in [0.29, 0.717) is 0 Å². The minimum absolute atomic E-state index is 0.764. The van der Waals surface area contributed by atoms with Crippen LogP contribution in [0, 0.1) is 12.8 Å². The summed E-state index contributed by atoms with van der Waals surface area (Å²) >= 11 is 5.89. The van der Waals surface area contributed by atoms with Crippen molar-refractivity contribution in [3.05, 3.63) is 28.8 Å². The number of halogens is 1. The minimum atomic E-state index is 0.764. The van der Waals surface area contributed by atoms with Gasteiger partial charge in [-0.1, -0.05) is 24.4 Å². The van der Waals surface area contributed by atoms with Gasteiger partial charge in [-0.05, 0) is 49.4 Å². The lowest BCUT2D eigenvalue weighted by molar-refractivity contribution is 0.251. The van der Waals surface area contributed by atoms with Crippen molar-refractivity contribution in [3.63, 3.8) is 0 Å². The molecular formula is C13H17ClO. The average Bonchev–Trinajstić information content (AvgIpc) is 2.69. The van der Waals surface area contributed by atoms with Gasteiger partial charge in [-0.2, -0.15) is 0 Å². The van der Waals surface area contributed by atoms with Crippen molar-refractivity contribution >= 4 is 11.6 Å². The van der Waals surface area contributed by atoms with Crippen LogP contribution in [0.25, 0.3) is 0 Å². The topological polar surface area (TPSA) is 9.23 Å². The molecule has 0 N–H and O–H groups in total. The van der Waals surface area contributed by atoms with Crippen LogP contribution in [0.2, 0.25) is 5.02 Å². The summed E-state index contributed by atoms with van der Waals surface area (Å²) in [4.78, 5) is 0. The third kappa shape index (κ3) is 2.88. The molecule has 15 heavy (non-hydrogen) atoms. The molecule has 0 spiro atoms. The summed E-state index contributed by atoms with van der Waals surface area (Å²) in [6, 6.07) is 5.80. The largest absolute Gasteiger partial charge is 0.493 e.